The van der Waals surface area contributed by atoms with Gasteiger partial charge in [0.25, 0.3) is 0 Å². The smallest absolute Gasteiger partial charge is 0.204 e. The number of halogens is 20. The summed E-state index contributed by atoms with van der Waals surface area (Å²) in [7, 11) is -2.69. The Labute approximate surface area is 384 Å². The van der Waals surface area contributed by atoms with E-state index in [9.17, 15) is 52.7 Å². The van der Waals surface area contributed by atoms with Gasteiger partial charge < -0.3 is 0 Å². The highest BCUT2D eigenvalue weighted by atomic mass is 31.1. The van der Waals surface area contributed by atoms with E-state index in [0.29, 0.717) is 16.7 Å². The van der Waals surface area contributed by atoms with Gasteiger partial charge in [-0.2, -0.15) is 0 Å². The third-order valence-electron chi connectivity index (χ3n) is 11.7. The van der Waals surface area contributed by atoms with Gasteiger partial charge in [-0.1, -0.05) is 95.0 Å². The summed E-state index contributed by atoms with van der Waals surface area (Å²) in [6, 6.07) is 3.24. The van der Waals surface area contributed by atoms with Crippen LogP contribution in [0.1, 0.15) is 79.0 Å². The molecule has 0 atom stereocenters. The maximum atomic E-state index is 15.8. The molecule has 5 aromatic rings. The predicted molar refractivity (Wildman–Crippen MR) is 223 cm³/mol. The zero-order valence-electron chi connectivity index (χ0n) is 37.6. The summed E-state index contributed by atoms with van der Waals surface area (Å²) in [6.07, 6.45) is -4.68. The highest BCUT2D eigenvalue weighted by molar-refractivity contribution is 7.66. The monoisotopic (exact) mass is 1020 g/mol. The number of hydrogen-bond acceptors (Lipinski definition) is 0. The van der Waals surface area contributed by atoms with E-state index < -0.39 is 201 Å². The van der Waals surface area contributed by atoms with Crippen molar-refractivity contribution in [2.24, 2.45) is 0 Å². The molecule has 0 amide bonds. The van der Waals surface area contributed by atoms with Gasteiger partial charge in [0.2, 0.25) is 13.4 Å². The van der Waals surface area contributed by atoms with Crippen LogP contribution < -0.4 is 27.2 Å². The summed E-state index contributed by atoms with van der Waals surface area (Å²) < 4.78 is 303. The second-order valence-electron chi connectivity index (χ2n) is 19.3. The van der Waals surface area contributed by atoms with Crippen LogP contribution in [0.3, 0.4) is 0 Å². The molecule has 5 rings (SSSR count). The lowest BCUT2D eigenvalue weighted by molar-refractivity contribution is 0.382. The summed E-state index contributed by atoms with van der Waals surface area (Å²) in [5, 5.41) is 0.111. The highest BCUT2D eigenvalue weighted by Gasteiger charge is 2.43. The number of benzene rings is 5. The van der Waals surface area contributed by atoms with Crippen molar-refractivity contribution in [2.75, 3.05) is 12.3 Å². The van der Waals surface area contributed by atoms with Crippen LogP contribution in [-0.4, -0.2) is 25.7 Å². The van der Waals surface area contributed by atoms with E-state index in [0.717, 1.165) is 0 Å². The Balaban J connectivity index is 1.94. The van der Waals surface area contributed by atoms with Crippen LogP contribution >= 0.6 is 7.92 Å². The maximum absolute atomic E-state index is 15.8. The minimum absolute atomic E-state index is 0.111. The zero-order chi connectivity index (χ0) is 52.6. The van der Waals surface area contributed by atoms with Gasteiger partial charge in [0.1, 0.15) is 0 Å². The molecule has 0 N–H and O–H groups in total. The molecule has 0 fully saturated rings. The molecule has 69 heavy (non-hydrogen) atoms. The summed E-state index contributed by atoms with van der Waals surface area (Å²) in [5.41, 5.74) is -10.1. The molecule has 0 saturated carbocycles. The molecule has 0 saturated heterocycles. The molecule has 0 radical (unpaired) electrons. The van der Waals surface area contributed by atoms with E-state index in [1.807, 2.05) is 0 Å². The lowest BCUT2D eigenvalue weighted by Gasteiger charge is -2.37. The fourth-order valence-electron chi connectivity index (χ4n) is 8.03. The van der Waals surface area contributed by atoms with E-state index in [4.69, 9.17) is 0 Å². The van der Waals surface area contributed by atoms with Crippen molar-refractivity contribution in [3.05, 3.63) is 145 Å². The molecular weight excluding hydrogens is 985 g/mol. The molecule has 0 unspecified atom stereocenters. The molecule has 23 heteroatoms. The molecule has 0 aliphatic carbocycles. The topological polar surface area (TPSA) is 0 Å². The van der Waals surface area contributed by atoms with Crippen LogP contribution in [0.25, 0.3) is 0 Å². The van der Waals surface area contributed by atoms with Gasteiger partial charge in [-0.3, -0.25) is 0 Å². The first kappa shape index (κ1) is 55.2. The first-order chi connectivity index (χ1) is 31.5. The number of rotatable bonds is 11. The van der Waals surface area contributed by atoms with Gasteiger partial charge in [0.05, 0.1) is 0 Å². The van der Waals surface area contributed by atoms with E-state index in [1.54, 1.807) is 74.4 Å². The third kappa shape index (κ3) is 9.85. The van der Waals surface area contributed by atoms with E-state index in [-0.39, 0.29) is 5.30 Å². The van der Waals surface area contributed by atoms with Gasteiger partial charge in [-0.15, -0.1) is 0 Å². The van der Waals surface area contributed by atoms with Gasteiger partial charge in [0.15, 0.2) is 116 Å². The summed E-state index contributed by atoms with van der Waals surface area (Å²) in [4.78, 5) is 0. The average Bonchev–Trinajstić information content (AvgIpc) is 3.27. The van der Waals surface area contributed by atoms with Crippen LogP contribution in [0.2, 0.25) is 12.6 Å². The minimum atomic E-state index is -3.02. The second-order valence-corrected chi connectivity index (χ2v) is 21.7. The molecule has 0 bridgehead atoms. The molecule has 0 nitrogen and oxygen atoms in total. The van der Waals surface area contributed by atoms with Crippen LogP contribution in [-0.2, 0) is 16.2 Å². The summed E-state index contributed by atoms with van der Waals surface area (Å²) in [5.74, 6) is -55.3. The Morgan fingerprint density at radius 2 is 0.493 bits per heavy atom. The number of hydrogen-bond donors (Lipinski definition) is 0. The lowest BCUT2D eigenvalue weighted by Crippen LogP contribution is -2.52. The van der Waals surface area contributed by atoms with Gasteiger partial charge in [-0.25, -0.2) is 87.8 Å². The normalized spacial score (nSPS) is 12.5. The van der Waals surface area contributed by atoms with Crippen LogP contribution in [0.15, 0.2) is 12.1 Å². The first-order valence-corrected chi connectivity index (χ1v) is 22.2. The Morgan fingerprint density at radius 1 is 0.304 bits per heavy atom. The van der Waals surface area contributed by atoms with Crippen LogP contribution in [0.5, 0.6) is 0 Å². The molecular formula is C46H37B2F20P. The molecule has 5 aromatic carbocycles. The molecule has 0 heterocycles. The summed E-state index contributed by atoms with van der Waals surface area (Å²) >= 11 is 0. The highest BCUT2D eigenvalue weighted by Crippen LogP contribution is 2.46. The minimum Gasteiger partial charge on any atom is -0.204 e. The average molecular weight is 1020 g/mol. The molecule has 0 aliphatic heterocycles. The van der Waals surface area contributed by atoms with Crippen molar-refractivity contribution in [3.8, 4) is 0 Å². The van der Waals surface area contributed by atoms with Crippen molar-refractivity contribution >= 4 is 48.5 Å². The molecule has 372 valence electrons. The second kappa shape index (κ2) is 19.5. The van der Waals surface area contributed by atoms with E-state index in [1.165, 1.54) is 0 Å². The fraction of sp³-hybridized carbons (Fsp3) is 0.348. The standard InChI is InChI=1S/C46H37B2F20P/c1-44(2,3)16-14-17(45(4,5)6)43(18(15-16)46(7,8)9)69(12-10-47(19-23(49)31(57)39(65)32(58)24(19)50)20-25(51)33(59)40(66)34(60)26(20)52)13-11-48(21-27(53)35(61)41(67)36(62)28(21)54)22-29(55)37(63)42(68)38(64)30(22)56/h14-15H,10-13H2,1-9H3. The van der Waals surface area contributed by atoms with Gasteiger partial charge in [0, 0.05) is 21.9 Å². The fourth-order valence-corrected chi connectivity index (χ4v) is 11.3. The van der Waals surface area contributed by atoms with Crippen molar-refractivity contribution < 1.29 is 87.8 Å². The SMILES string of the molecule is CC(C)(C)c1cc(C(C)(C)C)c(P(CCB(c2c(F)c(F)c(F)c(F)c2F)c2c(F)c(F)c(F)c(F)c2F)CCB(c2c(F)c(F)c(F)c(F)c2F)c2c(F)c(F)c(F)c(F)c2F)c(C(C)(C)C)c1. The first-order valence-electron chi connectivity index (χ1n) is 20.5. The molecule has 0 aliphatic rings. The van der Waals surface area contributed by atoms with Crippen molar-refractivity contribution in [1.29, 1.82) is 0 Å². The van der Waals surface area contributed by atoms with E-state index in [2.05, 4.69) is 0 Å². The Bertz CT molecular complexity index is 2440. The molecule has 0 aromatic heterocycles. The Kier molecular flexibility index (Phi) is 15.6. The van der Waals surface area contributed by atoms with Crippen molar-refractivity contribution in [3.63, 3.8) is 0 Å². The van der Waals surface area contributed by atoms with Crippen molar-refractivity contribution in [2.45, 2.75) is 91.2 Å². The van der Waals surface area contributed by atoms with Crippen molar-refractivity contribution in [1.82, 2.24) is 0 Å². The Morgan fingerprint density at radius 3 is 0.667 bits per heavy atom. The van der Waals surface area contributed by atoms with Gasteiger partial charge in [-0.05, 0) is 50.6 Å². The van der Waals surface area contributed by atoms with Crippen LogP contribution in [0, 0.1) is 116 Å². The zero-order valence-corrected chi connectivity index (χ0v) is 38.5. The molecule has 0 spiro atoms. The largest absolute Gasteiger partial charge is 0.225 e. The Hall–Kier alpha value is -4.74. The predicted octanol–water partition coefficient (Wildman–Crippen LogP) is 12.1. The maximum Gasteiger partial charge on any atom is 0.225 e. The third-order valence-corrected chi connectivity index (χ3v) is 14.4. The lowest BCUT2D eigenvalue weighted by atomic mass is 9.38. The summed E-state index contributed by atoms with van der Waals surface area (Å²) in [6.45, 7) is 9.03. The van der Waals surface area contributed by atoms with Gasteiger partial charge >= 0.3 is 0 Å². The van der Waals surface area contributed by atoms with E-state index >= 15 is 35.1 Å². The van der Waals surface area contributed by atoms with Crippen LogP contribution in [0.4, 0.5) is 87.8 Å². The quantitative estimate of drug-likeness (QED) is 0.0407.